The molecular formula is C19H23NO2. The number of likely N-dealkylation sites (N-methyl/N-ethyl adjacent to an activating group) is 1. The van der Waals surface area contributed by atoms with Gasteiger partial charge < -0.3 is 4.90 Å². The van der Waals surface area contributed by atoms with Gasteiger partial charge in [-0.15, -0.1) is 0 Å². The topological polar surface area (TPSA) is 37.4 Å². The lowest BCUT2D eigenvalue weighted by Gasteiger charge is -2.18. The van der Waals surface area contributed by atoms with Gasteiger partial charge in [-0.1, -0.05) is 62.4 Å². The second-order valence-electron chi connectivity index (χ2n) is 4.67. The van der Waals surface area contributed by atoms with E-state index in [1.165, 1.54) is 5.56 Å². The summed E-state index contributed by atoms with van der Waals surface area (Å²) in [5.74, 6) is -0.122. The molecule has 1 amide bonds. The molecule has 22 heavy (non-hydrogen) atoms. The summed E-state index contributed by atoms with van der Waals surface area (Å²) in [6.45, 7) is 4.62. The highest BCUT2D eigenvalue weighted by Gasteiger charge is 2.14. The van der Waals surface area contributed by atoms with Crippen molar-refractivity contribution in [3.63, 3.8) is 0 Å². The average Bonchev–Trinajstić information content (AvgIpc) is 2.61. The summed E-state index contributed by atoms with van der Waals surface area (Å²) >= 11 is 0. The van der Waals surface area contributed by atoms with E-state index in [2.05, 4.69) is 0 Å². The van der Waals surface area contributed by atoms with E-state index in [-0.39, 0.29) is 5.91 Å². The van der Waals surface area contributed by atoms with Gasteiger partial charge in [-0.3, -0.25) is 9.59 Å². The largest absolute Gasteiger partial charge is 0.341 e. The van der Waals surface area contributed by atoms with Crippen LogP contribution in [0.3, 0.4) is 0 Å². The molecule has 0 aromatic heterocycles. The van der Waals surface area contributed by atoms with Crippen LogP contribution in [-0.4, -0.2) is 30.7 Å². The standard InChI is InChI=1S/C17H17NO2.C2H6/c1-18(12-11-14-7-3-2-4-8-14)17(20)16-10-6-5-9-15(16)13-19;1-2/h2-10,13H,11-12H2,1H3;1-2H3. The number of nitrogens with zero attached hydrogens (tertiary/aromatic N) is 1. The van der Waals surface area contributed by atoms with Crippen LogP contribution in [0.5, 0.6) is 0 Å². The Morgan fingerprint density at radius 2 is 1.59 bits per heavy atom. The number of benzene rings is 2. The molecule has 0 radical (unpaired) electrons. The van der Waals surface area contributed by atoms with Gasteiger partial charge in [0.15, 0.2) is 6.29 Å². The zero-order valence-corrected chi connectivity index (χ0v) is 13.5. The summed E-state index contributed by atoms with van der Waals surface area (Å²) in [5.41, 5.74) is 2.08. The molecule has 0 unspecified atom stereocenters. The Kier molecular flexibility index (Phi) is 7.62. The molecule has 0 N–H and O–H groups in total. The number of carbonyl (C=O) groups is 2. The Labute approximate surface area is 132 Å². The number of rotatable bonds is 5. The molecule has 0 aliphatic heterocycles. The molecule has 0 heterocycles. The molecule has 2 aromatic carbocycles. The second-order valence-corrected chi connectivity index (χ2v) is 4.67. The maximum atomic E-state index is 12.3. The predicted molar refractivity (Wildman–Crippen MR) is 90.3 cm³/mol. The molecule has 0 saturated carbocycles. The van der Waals surface area contributed by atoms with Gasteiger partial charge in [0, 0.05) is 19.2 Å². The van der Waals surface area contributed by atoms with E-state index >= 15 is 0 Å². The molecule has 0 bridgehead atoms. The molecule has 2 aromatic rings. The van der Waals surface area contributed by atoms with E-state index < -0.39 is 0 Å². The van der Waals surface area contributed by atoms with Gasteiger partial charge in [0.1, 0.15) is 0 Å². The maximum Gasteiger partial charge on any atom is 0.254 e. The second kappa shape index (κ2) is 9.50. The Balaban J connectivity index is 0.00000116. The van der Waals surface area contributed by atoms with Crippen molar-refractivity contribution < 1.29 is 9.59 Å². The van der Waals surface area contributed by atoms with Crippen LogP contribution in [-0.2, 0) is 6.42 Å². The van der Waals surface area contributed by atoms with Gasteiger partial charge in [-0.05, 0) is 18.1 Å². The molecule has 3 heteroatoms. The molecule has 116 valence electrons. The highest BCUT2D eigenvalue weighted by atomic mass is 16.2. The SMILES string of the molecule is CC.CN(CCc1ccccc1)C(=O)c1ccccc1C=O. The number of aldehydes is 1. The third-order valence-electron chi connectivity index (χ3n) is 3.24. The monoisotopic (exact) mass is 297 g/mol. The van der Waals surface area contributed by atoms with Crippen LogP contribution in [0.4, 0.5) is 0 Å². The molecule has 0 atom stereocenters. The van der Waals surface area contributed by atoms with Crippen molar-refractivity contribution in [3.05, 3.63) is 71.3 Å². The molecule has 0 aliphatic carbocycles. The van der Waals surface area contributed by atoms with Crippen LogP contribution in [0.15, 0.2) is 54.6 Å². The summed E-state index contributed by atoms with van der Waals surface area (Å²) in [5, 5.41) is 0. The maximum absolute atomic E-state index is 12.3. The van der Waals surface area contributed by atoms with Crippen LogP contribution < -0.4 is 0 Å². The summed E-state index contributed by atoms with van der Waals surface area (Å²) in [4.78, 5) is 24.9. The smallest absolute Gasteiger partial charge is 0.254 e. The summed E-state index contributed by atoms with van der Waals surface area (Å²) in [6, 6.07) is 16.9. The van der Waals surface area contributed by atoms with Gasteiger partial charge in [0.2, 0.25) is 0 Å². The van der Waals surface area contributed by atoms with Gasteiger partial charge in [0.25, 0.3) is 5.91 Å². The third kappa shape index (κ3) is 4.85. The first kappa shape index (κ1) is 17.6. The van der Waals surface area contributed by atoms with E-state index in [9.17, 15) is 9.59 Å². The van der Waals surface area contributed by atoms with E-state index in [4.69, 9.17) is 0 Å². The zero-order valence-electron chi connectivity index (χ0n) is 13.5. The number of hydrogen-bond acceptors (Lipinski definition) is 2. The van der Waals surface area contributed by atoms with Crippen LogP contribution >= 0.6 is 0 Å². The van der Waals surface area contributed by atoms with E-state index in [1.807, 2.05) is 44.2 Å². The number of hydrogen-bond donors (Lipinski definition) is 0. The first-order chi connectivity index (χ1) is 10.7. The molecule has 0 spiro atoms. The Bertz CT molecular complexity index is 593. The molecule has 0 saturated heterocycles. The van der Waals surface area contributed by atoms with Crippen LogP contribution in [0.1, 0.15) is 40.1 Å². The minimum Gasteiger partial charge on any atom is -0.341 e. The highest BCUT2D eigenvalue weighted by Crippen LogP contribution is 2.10. The fourth-order valence-electron chi connectivity index (χ4n) is 2.04. The lowest BCUT2D eigenvalue weighted by molar-refractivity contribution is 0.0793. The van der Waals surface area contributed by atoms with Crippen molar-refractivity contribution in [2.24, 2.45) is 0 Å². The fraction of sp³-hybridized carbons (Fsp3) is 0.263. The van der Waals surface area contributed by atoms with Crippen molar-refractivity contribution in [3.8, 4) is 0 Å². The normalized spacial score (nSPS) is 9.41. The lowest BCUT2D eigenvalue weighted by Crippen LogP contribution is -2.29. The minimum absolute atomic E-state index is 0.122. The van der Waals surface area contributed by atoms with Crippen molar-refractivity contribution in [2.75, 3.05) is 13.6 Å². The molecular weight excluding hydrogens is 274 g/mol. The Morgan fingerprint density at radius 3 is 2.23 bits per heavy atom. The fourth-order valence-corrected chi connectivity index (χ4v) is 2.04. The molecule has 0 aliphatic rings. The Hall–Kier alpha value is -2.42. The molecule has 2 rings (SSSR count). The zero-order chi connectivity index (χ0) is 16.4. The van der Waals surface area contributed by atoms with E-state index in [1.54, 1.807) is 36.2 Å². The molecule has 3 nitrogen and oxygen atoms in total. The van der Waals surface area contributed by atoms with Crippen LogP contribution in [0.25, 0.3) is 0 Å². The third-order valence-corrected chi connectivity index (χ3v) is 3.24. The van der Waals surface area contributed by atoms with Crippen LogP contribution in [0, 0.1) is 0 Å². The quantitative estimate of drug-likeness (QED) is 0.786. The Morgan fingerprint density at radius 1 is 1.00 bits per heavy atom. The first-order valence-electron chi connectivity index (χ1n) is 7.56. The molecule has 0 fully saturated rings. The lowest BCUT2D eigenvalue weighted by atomic mass is 10.1. The van der Waals surface area contributed by atoms with Gasteiger partial charge in [-0.25, -0.2) is 0 Å². The first-order valence-corrected chi connectivity index (χ1v) is 7.56. The van der Waals surface area contributed by atoms with Gasteiger partial charge >= 0.3 is 0 Å². The van der Waals surface area contributed by atoms with Crippen molar-refractivity contribution in [1.82, 2.24) is 4.90 Å². The van der Waals surface area contributed by atoms with Crippen LogP contribution in [0.2, 0.25) is 0 Å². The predicted octanol–water partition coefficient (Wildman–Crippen LogP) is 3.84. The number of carbonyl (C=O) groups excluding carboxylic acids is 2. The average molecular weight is 297 g/mol. The summed E-state index contributed by atoms with van der Waals surface area (Å²) in [7, 11) is 1.76. The minimum atomic E-state index is -0.122. The van der Waals surface area contributed by atoms with E-state index in [0.717, 1.165) is 12.7 Å². The summed E-state index contributed by atoms with van der Waals surface area (Å²) in [6.07, 6.45) is 1.52. The van der Waals surface area contributed by atoms with E-state index in [0.29, 0.717) is 17.7 Å². The number of amides is 1. The van der Waals surface area contributed by atoms with Crippen molar-refractivity contribution >= 4 is 12.2 Å². The highest BCUT2D eigenvalue weighted by molar-refractivity contribution is 6.01. The van der Waals surface area contributed by atoms with Crippen molar-refractivity contribution in [2.45, 2.75) is 20.3 Å². The van der Waals surface area contributed by atoms with Gasteiger partial charge in [-0.2, -0.15) is 0 Å². The summed E-state index contributed by atoms with van der Waals surface area (Å²) < 4.78 is 0. The van der Waals surface area contributed by atoms with Gasteiger partial charge in [0.05, 0.1) is 5.56 Å². The van der Waals surface area contributed by atoms with Crippen molar-refractivity contribution in [1.29, 1.82) is 0 Å².